The van der Waals surface area contributed by atoms with Crippen LogP contribution < -0.4 is 10.2 Å². The van der Waals surface area contributed by atoms with Crippen molar-refractivity contribution in [2.24, 2.45) is 5.10 Å². The van der Waals surface area contributed by atoms with Gasteiger partial charge in [-0.15, -0.1) is 0 Å². The molecule has 0 spiro atoms. The molecule has 1 heterocycles. The van der Waals surface area contributed by atoms with Gasteiger partial charge in [0.2, 0.25) is 0 Å². The Morgan fingerprint density at radius 1 is 0.867 bits per heavy atom. The summed E-state index contributed by atoms with van der Waals surface area (Å²) in [4.78, 5) is 28.4. The average Bonchev–Trinajstić information content (AvgIpc) is 2.80. The molecule has 146 valence electrons. The number of fused-ring (bicyclic) bond motifs is 1. The molecule has 1 amide bonds. The summed E-state index contributed by atoms with van der Waals surface area (Å²) in [6.45, 7) is 0. The molecule has 0 saturated heterocycles. The van der Waals surface area contributed by atoms with Gasteiger partial charge in [0.05, 0.1) is 11.8 Å². The number of esters is 1. The predicted octanol–water partition coefficient (Wildman–Crippen LogP) is 4.22. The first kappa shape index (κ1) is 19.0. The third-order valence-corrected chi connectivity index (χ3v) is 4.38. The maximum Gasteiger partial charge on any atom is 0.344 e. The van der Waals surface area contributed by atoms with Crippen LogP contribution in [0.1, 0.15) is 26.4 Å². The van der Waals surface area contributed by atoms with Crippen LogP contribution in [0.15, 0.2) is 96.2 Å². The van der Waals surface area contributed by atoms with E-state index in [4.69, 9.17) is 4.74 Å². The Kier molecular flexibility index (Phi) is 5.57. The zero-order valence-corrected chi connectivity index (χ0v) is 15.9. The van der Waals surface area contributed by atoms with Crippen molar-refractivity contribution in [2.45, 2.75) is 0 Å². The van der Waals surface area contributed by atoms with Gasteiger partial charge in [-0.05, 0) is 58.8 Å². The van der Waals surface area contributed by atoms with E-state index in [2.05, 4.69) is 15.5 Å². The molecule has 30 heavy (non-hydrogen) atoms. The van der Waals surface area contributed by atoms with Crippen molar-refractivity contribution in [3.8, 4) is 5.75 Å². The SMILES string of the molecule is O=C(N/N=C/c1ccc(OC(=O)c2cccc3ccccc23)cc1)c1ccccn1. The highest BCUT2D eigenvalue weighted by Crippen LogP contribution is 2.21. The summed E-state index contributed by atoms with van der Waals surface area (Å²) in [5.74, 6) is -0.397. The van der Waals surface area contributed by atoms with Gasteiger partial charge in [0.25, 0.3) is 5.91 Å². The fourth-order valence-corrected chi connectivity index (χ4v) is 2.91. The van der Waals surface area contributed by atoms with Crippen LogP contribution in [0.2, 0.25) is 0 Å². The van der Waals surface area contributed by atoms with Gasteiger partial charge >= 0.3 is 5.97 Å². The van der Waals surface area contributed by atoms with Crippen LogP contribution in [0.5, 0.6) is 5.75 Å². The summed E-state index contributed by atoms with van der Waals surface area (Å²) in [5, 5.41) is 5.74. The van der Waals surface area contributed by atoms with Crippen molar-refractivity contribution in [3.05, 3.63) is 108 Å². The molecular formula is C24H17N3O3. The number of carbonyl (C=O) groups is 2. The Hall–Kier alpha value is -4.32. The molecule has 0 unspecified atom stereocenters. The number of pyridine rings is 1. The molecule has 0 saturated carbocycles. The smallest absolute Gasteiger partial charge is 0.344 e. The Labute approximate surface area is 172 Å². The van der Waals surface area contributed by atoms with Crippen molar-refractivity contribution < 1.29 is 14.3 Å². The van der Waals surface area contributed by atoms with Gasteiger partial charge < -0.3 is 4.74 Å². The average molecular weight is 395 g/mol. The van der Waals surface area contributed by atoms with Crippen LogP contribution in [0.25, 0.3) is 10.8 Å². The van der Waals surface area contributed by atoms with Gasteiger partial charge in [0.1, 0.15) is 11.4 Å². The highest BCUT2D eigenvalue weighted by Gasteiger charge is 2.12. The first-order chi connectivity index (χ1) is 14.7. The Morgan fingerprint density at radius 3 is 2.43 bits per heavy atom. The number of carbonyl (C=O) groups excluding carboxylic acids is 2. The molecule has 0 aliphatic rings. The largest absolute Gasteiger partial charge is 0.423 e. The lowest BCUT2D eigenvalue weighted by Crippen LogP contribution is -2.18. The summed E-state index contributed by atoms with van der Waals surface area (Å²) in [6.07, 6.45) is 3.04. The zero-order valence-electron chi connectivity index (χ0n) is 15.9. The van der Waals surface area contributed by atoms with Crippen molar-refractivity contribution in [2.75, 3.05) is 0 Å². The maximum atomic E-state index is 12.6. The lowest BCUT2D eigenvalue weighted by atomic mass is 10.0. The molecule has 0 aliphatic heterocycles. The lowest BCUT2D eigenvalue weighted by Gasteiger charge is -2.07. The molecule has 3 aromatic carbocycles. The molecule has 1 aromatic heterocycles. The van der Waals surface area contributed by atoms with E-state index in [0.29, 0.717) is 11.3 Å². The molecule has 0 aliphatic carbocycles. The van der Waals surface area contributed by atoms with E-state index in [0.717, 1.165) is 16.3 Å². The van der Waals surface area contributed by atoms with Crippen LogP contribution in [0.4, 0.5) is 0 Å². The van der Waals surface area contributed by atoms with Crippen LogP contribution in [0, 0.1) is 0 Å². The minimum absolute atomic E-state index is 0.283. The number of nitrogens with zero attached hydrogens (tertiary/aromatic N) is 2. The van der Waals surface area contributed by atoms with Gasteiger partial charge in [-0.1, -0.05) is 42.5 Å². The van der Waals surface area contributed by atoms with Crippen LogP contribution in [-0.4, -0.2) is 23.1 Å². The van der Waals surface area contributed by atoms with Gasteiger partial charge in [-0.2, -0.15) is 5.10 Å². The Balaban J connectivity index is 1.40. The molecule has 4 aromatic rings. The predicted molar refractivity (Wildman–Crippen MR) is 115 cm³/mol. The van der Waals surface area contributed by atoms with E-state index >= 15 is 0 Å². The number of aromatic nitrogens is 1. The van der Waals surface area contributed by atoms with E-state index in [9.17, 15) is 9.59 Å². The van der Waals surface area contributed by atoms with Gasteiger partial charge in [0, 0.05) is 6.20 Å². The van der Waals surface area contributed by atoms with Crippen molar-refractivity contribution >= 4 is 28.9 Å². The topological polar surface area (TPSA) is 80.6 Å². The number of ether oxygens (including phenoxy) is 1. The number of amides is 1. The molecular weight excluding hydrogens is 378 g/mol. The van der Waals surface area contributed by atoms with Crippen molar-refractivity contribution in [1.29, 1.82) is 0 Å². The second kappa shape index (κ2) is 8.79. The first-order valence-corrected chi connectivity index (χ1v) is 9.25. The molecule has 6 heteroatoms. The normalized spacial score (nSPS) is 10.8. The van der Waals surface area contributed by atoms with Crippen molar-refractivity contribution in [1.82, 2.24) is 10.4 Å². The van der Waals surface area contributed by atoms with E-state index in [1.807, 2.05) is 36.4 Å². The highest BCUT2D eigenvalue weighted by molar-refractivity contribution is 6.05. The lowest BCUT2D eigenvalue weighted by molar-refractivity contribution is 0.0736. The summed E-state index contributed by atoms with van der Waals surface area (Å²) >= 11 is 0. The number of hydrazone groups is 1. The maximum absolute atomic E-state index is 12.6. The van der Waals surface area contributed by atoms with E-state index in [-0.39, 0.29) is 5.69 Å². The van der Waals surface area contributed by atoms with E-state index < -0.39 is 11.9 Å². The first-order valence-electron chi connectivity index (χ1n) is 9.25. The van der Waals surface area contributed by atoms with Crippen LogP contribution in [0.3, 0.4) is 0 Å². The van der Waals surface area contributed by atoms with E-state index in [1.54, 1.807) is 48.5 Å². The second-order valence-electron chi connectivity index (χ2n) is 6.40. The third kappa shape index (κ3) is 4.39. The third-order valence-electron chi connectivity index (χ3n) is 4.38. The molecule has 0 fully saturated rings. The van der Waals surface area contributed by atoms with Gasteiger partial charge in [-0.25, -0.2) is 10.2 Å². The summed E-state index contributed by atoms with van der Waals surface area (Å²) in [5.41, 5.74) is 3.95. The molecule has 0 bridgehead atoms. The standard InChI is InChI=1S/C24H17N3O3/c28-23(22-10-3-4-15-25-22)27-26-16-17-11-13-19(14-12-17)30-24(29)21-9-5-7-18-6-1-2-8-20(18)21/h1-16H,(H,27,28)/b26-16+. The number of nitrogens with one attached hydrogen (secondary N) is 1. The monoisotopic (exact) mass is 395 g/mol. The highest BCUT2D eigenvalue weighted by atomic mass is 16.5. The Bertz CT molecular complexity index is 1210. The molecule has 4 rings (SSSR count). The number of hydrogen-bond acceptors (Lipinski definition) is 5. The minimum Gasteiger partial charge on any atom is -0.423 e. The molecule has 0 atom stereocenters. The van der Waals surface area contributed by atoms with E-state index in [1.165, 1.54) is 12.4 Å². The van der Waals surface area contributed by atoms with Crippen LogP contribution in [-0.2, 0) is 0 Å². The van der Waals surface area contributed by atoms with Gasteiger partial charge in [-0.3, -0.25) is 9.78 Å². The van der Waals surface area contributed by atoms with Gasteiger partial charge in [0.15, 0.2) is 0 Å². The summed E-state index contributed by atoms with van der Waals surface area (Å²) in [7, 11) is 0. The summed E-state index contributed by atoms with van der Waals surface area (Å²) in [6, 6.07) is 25.1. The second-order valence-corrected chi connectivity index (χ2v) is 6.40. The molecule has 1 N–H and O–H groups in total. The minimum atomic E-state index is -0.421. The Morgan fingerprint density at radius 2 is 1.63 bits per heavy atom. The van der Waals surface area contributed by atoms with Crippen LogP contribution >= 0.6 is 0 Å². The fourth-order valence-electron chi connectivity index (χ4n) is 2.91. The molecule has 6 nitrogen and oxygen atoms in total. The van der Waals surface area contributed by atoms with Crippen molar-refractivity contribution in [3.63, 3.8) is 0 Å². The quantitative estimate of drug-likeness (QED) is 0.237. The number of rotatable bonds is 5. The number of hydrogen-bond donors (Lipinski definition) is 1. The zero-order chi connectivity index (χ0) is 20.8. The number of benzene rings is 3. The fraction of sp³-hybridized carbons (Fsp3) is 0. The molecule has 0 radical (unpaired) electrons. The summed E-state index contributed by atoms with van der Waals surface area (Å²) < 4.78 is 5.50.